The first-order chi connectivity index (χ1) is 14.8. The summed E-state index contributed by atoms with van der Waals surface area (Å²) in [6.45, 7) is 0. The molecule has 4 nitrogen and oxygen atoms in total. The van der Waals surface area contributed by atoms with E-state index in [-0.39, 0.29) is 18.2 Å². The molecule has 5 rings (SSSR count). The molecule has 0 amide bonds. The summed E-state index contributed by atoms with van der Waals surface area (Å²) in [5.41, 5.74) is 4.78. The Morgan fingerprint density at radius 1 is 0.613 bits per heavy atom. The molecule has 152 valence electrons. The van der Waals surface area contributed by atoms with Gasteiger partial charge in [0, 0.05) is 4.80 Å². The quantitative estimate of drug-likeness (QED) is 0.410. The number of hydrogen-bond acceptors (Lipinski definition) is 2. The average Bonchev–Trinajstić information content (AvgIpc) is 3.26. The molecule has 0 aliphatic heterocycles. The highest BCUT2D eigenvalue weighted by molar-refractivity contribution is 5.67. The zero-order valence-corrected chi connectivity index (χ0v) is 17.2. The van der Waals surface area contributed by atoms with Crippen LogP contribution in [-0.4, -0.2) is 15.0 Å². The lowest BCUT2D eigenvalue weighted by atomic mass is 10.0. The van der Waals surface area contributed by atoms with Crippen molar-refractivity contribution < 1.29 is 21.6 Å². The van der Waals surface area contributed by atoms with Crippen LogP contribution in [0.4, 0.5) is 4.39 Å². The number of halogens is 2. The zero-order valence-electron chi connectivity index (χ0n) is 16.4. The summed E-state index contributed by atoms with van der Waals surface area (Å²) in [5, 5.41) is 9.43. The van der Waals surface area contributed by atoms with E-state index in [2.05, 4.69) is 24.3 Å². The molecule has 4 aromatic carbocycles. The van der Waals surface area contributed by atoms with Gasteiger partial charge in [0.1, 0.15) is 11.5 Å². The Labute approximate surface area is 185 Å². The van der Waals surface area contributed by atoms with Gasteiger partial charge in [-0.25, -0.2) is 4.39 Å². The molecule has 0 atom stereocenters. The third-order valence-corrected chi connectivity index (χ3v) is 4.85. The zero-order chi connectivity index (χ0) is 20.3. The van der Waals surface area contributed by atoms with E-state index in [1.54, 1.807) is 21.7 Å². The summed E-state index contributed by atoms with van der Waals surface area (Å²) in [5.74, 6) is 0.296. The van der Waals surface area contributed by atoms with E-state index >= 15 is 0 Å². The van der Waals surface area contributed by atoms with Gasteiger partial charge in [-0.2, -0.15) is 0 Å². The molecule has 0 spiro atoms. The SMILES string of the molecule is Fc1ccc(-[n+]2nc(-c3ccc(-c4ccccc4)cc3)nn2-c2ccccc2)cc1.[Cl-]. The maximum Gasteiger partial charge on any atom is 0.340 e. The summed E-state index contributed by atoms with van der Waals surface area (Å²) in [4.78, 5) is 3.39. The van der Waals surface area contributed by atoms with Crippen LogP contribution in [0.5, 0.6) is 0 Å². The Hall–Kier alpha value is -3.83. The van der Waals surface area contributed by atoms with Crippen LogP contribution in [-0.2, 0) is 0 Å². The van der Waals surface area contributed by atoms with Gasteiger partial charge in [0.05, 0.1) is 10.7 Å². The molecule has 0 bridgehead atoms. The van der Waals surface area contributed by atoms with Gasteiger partial charge in [0.15, 0.2) is 5.69 Å². The fourth-order valence-electron chi connectivity index (χ4n) is 3.31. The lowest BCUT2D eigenvalue weighted by Crippen LogP contribution is -3.00. The Bertz CT molecular complexity index is 1270. The van der Waals surface area contributed by atoms with E-state index in [9.17, 15) is 4.39 Å². The molecule has 1 aromatic heterocycles. The molecule has 1 heterocycles. The highest BCUT2D eigenvalue weighted by Crippen LogP contribution is 2.23. The predicted octanol–water partition coefficient (Wildman–Crippen LogP) is 2.02. The highest BCUT2D eigenvalue weighted by atomic mass is 35.5. The second-order valence-corrected chi connectivity index (χ2v) is 6.86. The first kappa shape index (κ1) is 20.4. The van der Waals surface area contributed by atoms with Crippen LogP contribution in [0.2, 0.25) is 0 Å². The molecule has 0 N–H and O–H groups in total. The lowest BCUT2D eigenvalue weighted by Gasteiger charge is -2.00. The smallest absolute Gasteiger partial charge is 0.340 e. The predicted molar refractivity (Wildman–Crippen MR) is 114 cm³/mol. The largest absolute Gasteiger partial charge is 1.00 e. The van der Waals surface area contributed by atoms with Crippen LogP contribution in [0.1, 0.15) is 0 Å². The van der Waals surface area contributed by atoms with Crippen molar-refractivity contribution in [2.75, 3.05) is 0 Å². The average molecular weight is 429 g/mol. The standard InChI is InChI=1S/C25H18FN4.ClH/c26-22-15-17-24(18-16-22)30-28-25(27-29(30)23-9-5-2-6-10-23)21-13-11-20(12-14-21)19-7-3-1-4-8-19;/h1-18H;1H/q+1;/p-1. The first-order valence-electron chi connectivity index (χ1n) is 9.65. The van der Waals surface area contributed by atoms with E-state index in [1.807, 2.05) is 60.7 Å². The molecule has 6 heteroatoms. The van der Waals surface area contributed by atoms with Crippen molar-refractivity contribution in [2.24, 2.45) is 0 Å². The number of nitrogens with zero attached hydrogens (tertiary/aromatic N) is 4. The topological polar surface area (TPSA) is 34.6 Å². The molecule has 0 fully saturated rings. The van der Waals surface area contributed by atoms with Crippen molar-refractivity contribution in [2.45, 2.75) is 0 Å². The van der Waals surface area contributed by atoms with E-state index in [1.165, 1.54) is 12.1 Å². The van der Waals surface area contributed by atoms with Crippen LogP contribution in [0, 0.1) is 5.82 Å². The monoisotopic (exact) mass is 428 g/mol. The summed E-state index contributed by atoms with van der Waals surface area (Å²) in [6, 6.07) is 34.3. The summed E-state index contributed by atoms with van der Waals surface area (Å²) >= 11 is 0. The van der Waals surface area contributed by atoms with Crippen LogP contribution in [0.15, 0.2) is 109 Å². The van der Waals surface area contributed by atoms with Gasteiger partial charge in [0.25, 0.3) is 0 Å². The normalized spacial score (nSPS) is 10.5. The summed E-state index contributed by atoms with van der Waals surface area (Å²) < 4.78 is 13.4. The first-order valence-corrected chi connectivity index (χ1v) is 9.65. The van der Waals surface area contributed by atoms with Crippen molar-refractivity contribution in [3.8, 4) is 33.9 Å². The van der Waals surface area contributed by atoms with Crippen LogP contribution < -0.4 is 17.2 Å². The van der Waals surface area contributed by atoms with Crippen LogP contribution >= 0.6 is 0 Å². The highest BCUT2D eigenvalue weighted by Gasteiger charge is 2.23. The van der Waals surface area contributed by atoms with Crippen molar-refractivity contribution >= 4 is 0 Å². The summed E-state index contributed by atoms with van der Waals surface area (Å²) in [6.07, 6.45) is 0. The fourth-order valence-corrected chi connectivity index (χ4v) is 3.31. The van der Waals surface area contributed by atoms with Gasteiger partial charge in [-0.1, -0.05) is 60.7 Å². The number of para-hydroxylation sites is 1. The molecule has 31 heavy (non-hydrogen) atoms. The molecule has 0 saturated heterocycles. The number of benzene rings is 4. The second kappa shape index (κ2) is 8.90. The van der Waals surface area contributed by atoms with Crippen LogP contribution in [0.3, 0.4) is 0 Å². The van der Waals surface area contributed by atoms with E-state index in [0.29, 0.717) is 5.82 Å². The number of tetrazole rings is 1. The minimum Gasteiger partial charge on any atom is -1.00 e. The van der Waals surface area contributed by atoms with Gasteiger partial charge >= 0.3 is 5.82 Å². The molecule has 0 aliphatic rings. The van der Waals surface area contributed by atoms with Gasteiger partial charge in [-0.3, -0.25) is 0 Å². The van der Waals surface area contributed by atoms with Crippen LogP contribution in [0.25, 0.3) is 33.9 Å². The van der Waals surface area contributed by atoms with E-state index in [0.717, 1.165) is 28.1 Å². The molecular formula is C25H18ClFN4. The van der Waals surface area contributed by atoms with E-state index in [4.69, 9.17) is 10.2 Å². The fraction of sp³-hybridized carbons (Fsp3) is 0. The molecule has 0 unspecified atom stereocenters. The molecule has 5 aromatic rings. The minimum absolute atomic E-state index is 0. The molecule has 0 saturated carbocycles. The Balaban J connectivity index is 0.00000231. The third kappa shape index (κ3) is 4.22. The van der Waals surface area contributed by atoms with Gasteiger partial charge < -0.3 is 12.4 Å². The number of rotatable bonds is 4. The Kier molecular flexibility index (Phi) is 5.87. The Morgan fingerprint density at radius 2 is 1.16 bits per heavy atom. The summed E-state index contributed by atoms with van der Waals surface area (Å²) in [7, 11) is 0. The van der Waals surface area contributed by atoms with Gasteiger partial charge in [-0.05, 0) is 69.6 Å². The number of aromatic nitrogens is 4. The molecule has 0 aliphatic carbocycles. The maximum atomic E-state index is 13.4. The van der Waals surface area contributed by atoms with Gasteiger partial charge in [0.2, 0.25) is 0 Å². The number of hydrogen-bond donors (Lipinski definition) is 0. The van der Waals surface area contributed by atoms with Gasteiger partial charge in [-0.15, -0.1) is 0 Å². The van der Waals surface area contributed by atoms with Crippen molar-refractivity contribution in [1.82, 2.24) is 15.0 Å². The lowest BCUT2D eigenvalue weighted by molar-refractivity contribution is -0.734. The Morgan fingerprint density at radius 3 is 1.81 bits per heavy atom. The van der Waals surface area contributed by atoms with E-state index < -0.39 is 0 Å². The second-order valence-electron chi connectivity index (χ2n) is 6.86. The minimum atomic E-state index is -0.290. The third-order valence-electron chi connectivity index (χ3n) is 4.85. The maximum absolute atomic E-state index is 13.4. The van der Waals surface area contributed by atoms with Crippen molar-refractivity contribution in [1.29, 1.82) is 0 Å². The van der Waals surface area contributed by atoms with Crippen molar-refractivity contribution in [3.05, 3.63) is 115 Å². The molecule has 0 radical (unpaired) electrons. The molecular weight excluding hydrogens is 411 g/mol. The van der Waals surface area contributed by atoms with Crippen molar-refractivity contribution in [3.63, 3.8) is 0 Å².